The van der Waals surface area contributed by atoms with E-state index in [0.29, 0.717) is 22.1 Å². The van der Waals surface area contributed by atoms with Gasteiger partial charge in [0.25, 0.3) is 10.0 Å². The van der Waals surface area contributed by atoms with Gasteiger partial charge in [-0.25, -0.2) is 18.4 Å². The minimum Gasteiger partial charge on any atom is -0.325 e. The number of aryl methyl sites for hydroxylation is 3. The molecule has 5 rings (SSSR count). The average Bonchev–Trinajstić information content (AvgIpc) is 2.87. The van der Waals surface area contributed by atoms with E-state index in [2.05, 4.69) is 15.3 Å². The smallest absolute Gasteiger partial charge is 0.268 e. The van der Waals surface area contributed by atoms with Gasteiger partial charge < -0.3 is 5.32 Å². The predicted molar refractivity (Wildman–Crippen MR) is 147 cm³/mol. The summed E-state index contributed by atoms with van der Waals surface area (Å²) in [5.74, 6) is -0.0912. The molecule has 0 aliphatic carbocycles. The lowest BCUT2D eigenvalue weighted by Gasteiger charge is -2.31. The molecule has 7 nitrogen and oxygen atoms in total. The van der Waals surface area contributed by atoms with Crippen molar-refractivity contribution in [3.8, 4) is 11.3 Å². The summed E-state index contributed by atoms with van der Waals surface area (Å²) < 4.78 is 28.7. The standard InChI is InChI=1S/C28H26N4O3S2/c1-18-7-6-8-21(13-18)16-32-24-10-5-4-9-23(24)27-25(37(32,34)35)15-29-28(31-27)36-17-26(33)30-22-12-11-19(2)20(3)14-22/h4-15H,16-17H2,1-3H3,(H,30,33). The molecule has 0 bridgehead atoms. The van der Waals surface area contributed by atoms with E-state index in [1.54, 1.807) is 6.07 Å². The zero-order valence-corrected chi connectivity index (χ0v) is 22.4. The number of sulfonamides is 1. The van der Waals surface area contributed by atoms with Gasteiger partial charge in [-0.05, 0) is 55.7 Å². The van der Waals surface area contributed by atoms with Crippen LogP contribution in [0, 0.1) is 20.8 Å². The molecule has 2 heterocycles. The van der Waals surface area contributed by atoms with E-state index < -0.39 is 10.0 Å². The van der Waals surface area contributed by atoms with Crippen LogP contribution in [-0.4, -0.2) is 30.0 Å². The monoisotopic (exact) mass is 530 g/mol. The summed E-state index contributed by atoms with van der Waals surface area (Å²) in [4.78, 5) is 21.4. The van der Waals surface area contributed by atoms with Gasteiger partial charge in [0.05, 0.1) is 29.9 Å². The van der Waals surface area contributed by atoms with Gasteiger partial charge >= 0.3 is 0 Å². The van der Waals surface area contributed by atoms with Crippen molar-refractivity contribution in [2.45, 2.75) is 37.4 Å². The van der Waals surface area contributed by atoms with E-state index in [0.717, 1.165) is 27.9 Å². The van der Waals surface area contributed by atoms with Gasteiger partial charge in [-0.2, -0.15) is 0 Å². The lowest BCUT2D eigenvalue weighted by molar-refractivity contribution is -0.113. The summed E-state index contributed by atoms with van der Waals surface area (Å²) in [5.41, 5.74) is 6.57. The Bertz CT molecular complexity index is 1620. The Morgan fingerprint density at radius 2 is 1.78 bits per heavy atom. The third kappa shape index (κ3) is 5.10. The highest BCUT2D eigenvalue weighted by molar-refractivity contribution is 7.99. The summed E-state index contributed by atoms with van der Waals surface area (Å²) >= 11 is 1.17. The van der Waals surface area contributed by atoms with E-state index in [-0.39, 0.29) is 23.1 Å². The highest BCUT2D eigenvalue weighted by Crippen LogP contribution is 2.42. The molecular formula is C28H26N4O3S2. The quantitative estimate of drug-likeness (QED) is 0.261. The maximum atomic E-state index is 13.7. The Labute approximate surface area is 221 Å². The van der Waals surface area contributed by atoms with E-state index in [9.17, 15) is 13.2 Å². The van der Waals surface area contributed by atoms with Crippen LogP contribution >= 0.6 is 11.8 Å². The molecule has 3 aromatic carbocycles. The van der Waals surface area contributed by atoms with Crippen LogP contribution in [0.3, 0.4) is 0 Å². The first-order chi connectivity index (χ1) is 17.7. The molecule has 0 unspecified atom stereocenters. The van der Waals surface area contributed by atoms with Crippen LogP contribution in [0.4, 0.5) is 11.4 Å². The normalized spacial score (nSPS) is 13.5. The highest BCUT2D eigenvalue weighted by Gasteiger charge is 2.36. The second kappa shape index (κ2) is 9.99. The zero-order valence-electron chi connectivity index (χ0n) is 20.7. The lowest BCUT2D eigenvalue weighted by Crippen LogP contribution is -2.34. The van der Waals surface area contributed by atoms with Crippen LogP contribution in [0.15, 0.2) is 83.0 Å². The molecule has 0 radical (unpaired) electrons. The van der Waals surface area contributed by atoms with Crippen LogP contribution < -0.4 is 9.62 Å². The number of anilines is 2. The first-order valence-electron chi connectivity index (χ1n) is 11.8. The average molecular weight is 531 g/mol. The van der Waals surface area contributed by atoms with Crippen molar-refractivity contribution >= 4 is 39.1 Å². The maximum absolute atomic E-state index is 13.7. The number of aromatic nitrogens is 2. The van der Waals surface area contributed by atoms with Gasteiger partial charge in [-0.1, -0.05) is 65.9 Å². The fourth-order valence-electron chi connectivity index (χ4n) is 4.24. The first-order valence-corrected chi connectivity index (χ1v) is 14.2. The summed E-state index contributed by atoms with van der Waals surface area (Å²) in [6, 6.07) is 20.9. The van der Waals surface area contributed by atoms with Crippen molar-refractivity contribution in [3.05, 3.63) is 95.2 Å². The number of fused-ring (bicyclic) bond motifs is 3. The fraction of sp³-hybridized carbons (Fsp3) is 0.179. The molecule has 37 heavy (non-hydrogen) atoms. The third-order valence-corrected chi connectivity index (χ3v) is 8.88. The van der Waals surface area contributed by atoms with Crippen molar-refractivity contribution in [1.82, 2.24) is 9.97 Å². The van der Waals surface area contributed by atoms with E-state index in [1.807, 2.05) is 81.4 Å². The molecule has 0 atom stereocenters. The van der Waals surface area contributed by atoms with Gasteiger partial charge in [0.1, 0.15) is 4.90 Å². The van der Waals surface area contributed by atoms with Crippen molar-refractivity contribution in [2.24, 2.45) is 0 Å². The number of hydrogen-bond acceptors (Lipinski definition) is 6. The molecule has 188 valence electrons. The molecule has 9 heteroatoms. The van der Waals surface area contributed by atoms with E-state index >= 15 is 0 Å². The Kier molecular flexibility index (Phi) is 6.74. The molecule has 0 saturated carbocycles. The van der Waals surface area contributed by atoms with E-state index in [1.165, 1.54) is 22.3 Å². The molecule has 1 N–H and O–H groups in total. The van der Waals surface area contributed by atoms with Gasteiger partial charge in [-0.15, -0.1) is 0 Å². The summed E-state index contributed by atoms with van der Waals surface area (Å²) in [5, 5.41) is 3.23. The number of carbonyl (C=O) groups excluding carboxylic acids is 1. The highest BCUT2D eigenvalue weighted by atomic mass is 32.2. The van der Waals surface area contributed by atoms with Gasteiger partial charge in [0.15, 0.2) is 5.16 Å². The topological polar surface area (TPSA) is 92.3 Å². The molecular weight excluding hydrogens is 504 g/mol. The number of nitrogens with one attached hydrogen (secondary N) is 1. The predicted octanol–water partition coefficient (Wildman–Crippen LogP) is 5.51. The maximum Gasteiger partial charge on any atom is 0.268 e. The molecule has 1 amide bonds. The Morgan fingerprint density at radius 1 is 0.973 bits per heavy atom. The minimum absolute atomic E-state index is 0.0581. The lowest BCUT2D eigenvalue weighted by atomic mass is 10.1. The molecule has 0 fully saturated rings. The molecule has 0 saturated heterocycles. The number of hydrogen-bond donors (Lipinski definition) is 1. The first kappa shape index (κ1) is 25.0. The van der Waals surface area contributed by atoms with Gasteiger partial charge in [-0.3, -0.25) is 9.10 Å². The largest absolute Gasteiger partial charge is 0.325 e. The molecule has 1 aromatic heterocycles. The van der Waals surface area contributed by atoms with Gasteiger partial charge in [0.2, 0.25) is 5.91 Å². The summed E-state index contributed by atoms with van der Waals surface area (Å²) in [6.07, 6.45) is 1.35. The number of amides is 1. The molecule has 4 aromatic rings. The molecule has 1 aliphatic heterocycles. The SMILES string of the molecule is Cc1cccc(CN2c3ccccc3-c3nc(SCC(=O)Nc4ccc(C)c(C)c4)ncc3S2(=O)=O)c1. The molecule has 1 aliphatic rings. The third-order valence-electron chi connectivity index (χ3n) is 6.26. The second-order valence-corrected chi connectivity index (χ2v) is 11.8. The van der Waals surface area contributed by atoms with Crippen molar-refractivity contribution in [2.75, 3.05) is 15.4 Å². The van der Waals surface area contributed by atoms with Crippen LogP contribution in [0.5, 0.6) is 0 Å². The summed E-state index contributed by atoms with van der Waals surface area (Å²) in [7, 11) is -3.88. The number of carbonyl (C=O) groups is 1. The summed E-state index contributed by atoms with van der Waals surface area (Å²) in [6.45, 7) is 6.20. The van der Waals surface area contributed by atoms with Crippen molar-refractivity contribution in [3.63, 3.8) is 0 Å². The zero-order chi connectivity index (χ0) is 26.2. The number of benzene rings is 3. The number of thioether (sulfide) groups is 1. The van der Waals surface area contributed by atoms with Crippen LogP contribution in [0.1, 0.15) is 22.3 Å². The van der Waals surface area contributed by atoms with Crippen LogP contribution in [0.25, 0.3) is 11.3 Å². The van der Waals surface area contributed by atoms with Crippen molar-refractivity contribution in [1.29, 1.82) is 0 Å². The van der Waals surface area contributed by atoms with Crippen molar-refractivity contribution < 1.29 is 13.2 Å². The minimum atomic E-state index is -3.88. The Hall–Kier alpha value is -3.69. The van der Waals surface area contributed by atoms with Gasteiger partial charge in [0, 0.05) is 11.3 Å². The van der Waals surface area contributed by atoms with Crippen LogP contribution in [-0.2, 0) is 21.4 Å². The van der Waals surface area contributed by atoms with Crippen LogP contribution in [0.2, 0.25) is 0 Å². The second-order valence-electron chi connectivity index (χ2n) is 9.02. The number of nitrogens with zero attached hydrogens (tertiary/aromatic N) is 3. The van der Waals surface area contributed by atoms with E-state index in [4.69, 9.17) is 0 Å². The fourth-order valence-corrected chi connectivity index (χ4v) is 6.41. The number of rotatable bonds is 6. The Morgan fingerprint density at radius 3 is 2.57 bits per heavy atom. The Balaban J connectivity index is 1.40. The number of para-hydroxylation sites is 1. The molecule has 0 spiro atoms.